The molecule has 1 unspecified atom stereocenters. The SMILES string of the molecule is Nc1cccc(N2CC3(CCOC3)NC2=O)c1. The van der Waals surface area contributed by atoms with Crippen LogP contribution in [-0.4, -0.2) is 31.3 Å². The lowest BCUT2D eigenvalue weighted by Crippen LogP contribution is -2.43. The van der Waals surface area contributed by atoms with Gasteiger partial charge >= 0.3 is 6.03 Å². The van der Waals surface area contributed by atoms with Crippen LogP contribution in [0.4, 0.5) is 16.2 Å². The molecule has 90 valence electrons. The summed E-state index contributed by atoms with van der Waals surface area (Å²) in [6.45, 7) is 1.96. The summed E-state index contributed by atoms with van der Waals surface area (Å²) in [6, 6.07) is 7.31. The molecule has 0 aliphatic carbocycles. The van der Waals surface area contributed by atoms with E-state index in [0.717, 1.165) is 12.1 Å². The predicted octanol–water partition coefficient (Wildman–Crippen LogP) is 0.957. The molecule has 1 atom stereocenters. The molecule has 2 saturated heterocycles. The number of amides is 2. The molecule has 1 spiro atoms. The second kappa shape index (κ2) is 3.63. The number of hydrogen-bond acceptors (Lipinski definition) is 3. The Morgan fingerprint density at radius 2 is 2.35 bits per heavy atom. The number of carbonyl (C=O) groups excluding carboxylic acids is 1. The van der Waals surface area contributed by atoms with Crippen molar-refractivity contribution >= 4 is 17.4 Å². The van der Waals surface area contributed by atoms with E-state index in [-0.39, 0.29) is 11.6 Å². The van der Waals surface area contributed by atoms with E-state index in [1.165, 1.54) is 0 Å². The molecule has 5 heteroatoms. The number of nitrogens with one attached hydrogen (secondary N) is 1. The average molecular weight is 233 g/mol. The highest BCUT2D eigenvalue weighted by Gasteiger charge is 2.45. The van der Waals surface area contributed by atoms with Gasteiger partial charge in [0, 0.05) is 18.0 Å². The average Bonchev–Trinajstić information content (AvgIpc) is 2.87. The van der Waals surface area contributed by atoms with Crippen LogP contribution in [0.25, 0.3) is 0 Å². The maximum Gasteiger partial charge on any atom is 0.322 e. The second-order valence-electron chi connectivity index (χ2n) is 4.69. The number of ether oxygens (including phenoxy) is 1. The van der Waals surface area contributed by atoms with Gasteiger partial charge in [-0.3, -0.25) is 4.90 Å². The Kier molecular flexibility index (Phi) is 2.22. The largest absolute Gasteiger partial charge is 0.399 e. The molecule has 2 aliphatic rings. The van der Waals surface area contributed by atoms with Crippen LogP contribution in [0.15, 0.2) is 24.3 Å². The number of nitrogens with zero attached hydrogens (tertiary/aromatic N) is 1. The zero-order chi connectivity index (χ0) is 11.9. The van der Waals surface area contributed by atoms with Gasteiger partial charge in [-0.25, -0.2) is 4.79 Å². The van der Waals surface area contributed by atoms with Crippen LogP contribution < -0.4 is 16.0 Å². The molecular formula is C12H15N3O2. The monoisotopic (exact) mass is 233 g/mol. The Morgan fingerprint density at radius 1 is 1.47 bits per heavy atom. The number of benzene rings is 1. The number of nitrogen functional groups attached to an aromatic ring is 1. The molecule has 2 heterocycles. The smallest absolute Gasteiger partial charge is 0.322 e. The van der Waals surface area contributed by atoms with Crippen molar-refractivity contribution in [3.63, 3.8) is 0 Å². The summed E-state index contributed by atoms with van der Waals surface area (Å²) in [7, 11) is 0. The van der Waals surface area contributed by atoms with Crippen molar-refractivity contribution in [3.05, 3.63) is 24.3 Å². The standard InChI is InChI=1S/C12H15N3O2/c13-9-2-1-3-10(6-9)15-7-12(14-11(15)16)4-5-17-8-12/h1-3,6H,4-5,7-8,13H2,(H,14,16). The van der Waals surface area contributed by atoms with E-state index in [1.54, 1.807) is 4.90 Å². The van der Waals surface area contributed by atoms with Gasteiger partial charge in [-0.1, -0.05) is 6.07 Å². The topological polar surface area (TPSA) is 67.6 Å². The maximum atomic E-state index is 12.0. The first-order valence-electron chi connectivity index (χ1n) is 5.72. The summed E-state index contributed by atoms with van der Waals surface area (Å²) in [5.41, 5.74) is 7.03. The number of hydrogen-bond donors (Lipinski definition) is 2. The summed E-state index contributed by atoms with van der Waals surface area (Å²) in [6.07, 6.45) is 0.873. The van der Waals surface area contributed by atoms with Gasteiger partial charge in [0.25, 0.3) is 0 Å². The maximum absolute atomic E-state index is 12.0. The van der Waals surface area contributed by atoms with Crippen LogP contribution >= 0.6 is 0 Å². The van der Waals surface area contributed by atoms with E-state index in [4.69, 9.17) is 10.5 Å². The van der Waals surface area contributed by atoms with Crippen molar-refractivity contribution in [3.8, 4) is 0 Å². The zero-order valence-corrected chi connectivity index (χ0v) is 9.48. The molecule has 0 radical (unpaired) electrons. The van der Waals surface area contributed by atoms with E-state index < -0.39 is 0 Å². The van der Waals surface area contributed by atoms with Crippen molar-refractivity contribution in [1.82, 2.24) is 5.32 Å². The van der Waals surface area contributed by atoms with E-state index in [1.807, 2.05) is 24.3 Å². The minimum atomic E-state index is -0.207. The van der Waals surface area contributed by atoms with Crippen LogP contribution in [0, 0.1) is 0 Å². The van der Waals surface area contributed by atoms with Crippen molar-refractivity contribution in [2.75, 3.05) is 30.4 Å². The first kappa shape index (κ1) is 10.4. The van der Waals surface area contributed by atoms with E-state index in [0.29, 0.717) is 25.4 Å². The fourth-order valence-electron chi connectivity index (χ4n) is 2.44. The molecule has 3 rings (SSSR count). The van der Waals surface area contributed by atoms with Crippen LogP contribution in [-0.2, 0) is 4.74 Å². The molecule has 0 aromatic heterocycles. The van der Waals surface area contributed by atoms with Crippen molar-refractivity contribution in [2.24, 2.45) is 0 Å². The lowest BCUT2D eigenvalue weighted by Gasteiger charge is -2.20. The van der Waals surface area contributed by atoms with Crippen molar-refractivity contribution < 1.29 is 9.53 Å². The van der Waals surface area contributed by atoms with Gasteiger partial charge in [-0.2, -0.15) is 0 Å². The fourth-order valence-corrected chi connectivity index (χ4v) is 2.44. The molecule has 17 heavy (non-hydrogen) atoms. The third kappa shape index (κ3) is 1.72. The molecule has 2 amide bonds. The second-order valence-corrected chi connectivity index (χ2v) is 4.69. The van der Waals surface area contributed by atoms with Crippen molar-refractivity contribution in [1.29, 1.82) is 0 Å². The number of anilines is 2. The van der Waals surface area contributed by atoms with Gasteiger partial charge < -0.3 is 15.8 Å². The third-order valence-electron chi connectivity index (χ3n) is 3.36. The lowest BCUT2D eigenvalue weighted by molar-refractivity contribution is 0.176. The van der Waals surface area contributed by atoms with Gasteiger partial charge in [0.2, 0.25) is 0 Å². The van der Waals surface area contributed by atoms with E-state index in [2.05, 4.69) is 5.32 Å². The summed E-state index contributed by atoms with van der Waals surface area (Å²) in [5.74, 6) is 0. The molecular weight excluding hydrogens is 218 g/mol. The Bertz CT molecular complexity index is 455. The van der Waals surface area contributed by atoms with Gasteiger partial charge in [-0.15, -0.1) is 0 Å². The van der Waals surface area contributed by atoms with Gasteiger partial charge in [0.15, 0.2) is 0 Å². The molecule has 1 aromatic rings. The summed E-state index contributed by atoms with van der Waals surface area (Å²) >= 11 is 0. The minimum Gasteiger partial charge on any atom is -0.399 e. The zero-order valence-electron chi connectivity index (χ0n) is 9.48. The summed E-state index contributed by atoms with van der Waals surface area (Å²) in [5, 5.41) is 3.02. The molecule has 0 saturated carbocycles. The van der Waals surface area contributed by atoms with E-state index in [9.17, 15) is 4.79 Å². The Hall–Kier alpha value is -1.75. The minimum absolute atomic E-state index is 0.0684. The number of nitrogens with two attached hydrogens (primary N) is 1. The summed E-state index contributed by atoms with van der Waals surface area (Å²) in [4.78, 5) is 13.7. The fraction of sp³-hybridized carbons (Fsp3) is 0.417. The highest BCUT2D eigenvalue weighted by Crippen LogP contribution is 2.29. The van der Waals surface area contributed by atoms with Crippen LogP contribution in [0.1, 0.15) is 6.42 Å². The molecule has 2 fully saturated rings. The predicted molar refractivity (Wildman–Crippen MR) is 64.9 cm³/mol. The Balaban J connectivity index is 1.87. The van der Waals surface area contributed by atoms with Gasteiger partial charge in [-0.05, 0) is 24.6 Å². The van der Waals surface area contributed by atoms with Gasteiger partial charge in [0.1, 0.15) is 0 Å². The van der Waals surface area contributed by atoms with Crippen LogP contribution in [0.3, 0.4) is 0 Å². The van der Waals surface area contributed by atoms with Crippen LogP contribution in [0.5, 0.6) is 0 Å². The molecule has 3 N–H and O–H groups in total. The Labute approximate surface area is 99.5 Å². The Morgan fingerprint density at radius 3 is 3.06 bits per heavy atom. The number of urea groups is 1. The lowest BCUT2D eigenvalue weighted by atomic mass is 10.0. The molecule has 1 aromatic carbocycles. The summed E-state index contributed by atoms with van der Waals surface area (Å²) < 4.78 is 5.37. The van der Waals surface area contributed by atoms with Crippen LogP contribution in [0.2, 0.25) is 0 Å². The number of rotatable bonds is 1. The highest BCUT2D eigenvalue weighted by atomic mass is 16.5. The molecule has 2 aliphatic heterocycles. The first-order valence-corrected chi connectivity index (χ1v) is 5.72. The highest BCUT2D eigenvalue weighted by molar-refractivity contribution is 5.95. The third-order valence-corrected chi connectivity index (χ3v) is 3.36. The van der Waals surface area contributed by atoms with E-state index >= 15 is 0 Å². The quantitative estimate of drug-likeness (QED) is 0.710. The number of carbonyl (C=O) groups is 1. The first-order chi connectivity index (χ1) is 8.19. The van der Waals surface area contributed by atoms with Crippen molar-refractivity contribution in [2.45, 2.75) is 12.0 Å². The normalized spacial score (nSPS) is 27.8. The molecule has 0 bridgehead atoms. The molecule has 5 nitrogen and oxygen atoms in total. The van der Waals surface area contributed by atoms with Gasteiger partial charge in [0.05, 0.1) is 18.7 Å².